The van der Waals surface area contributed by atoms with Gasteiger partial charge in [0.1, 0.15) is 9.79 Å². The van der Waals surface area contributed by atoms with Crippen molar-refractivity contribution in [1.29, 1.82) is 0 Å². The molecule has 0 saturated carbocycles. The Hall–Kier alpha value is -1.82. The Balaban J connectivity index is 2.59. The zero-order valence-corrected chi connectivity index (χ0v) is 11.5. The molecule has 2 N–H and O–H groups in total. The topological polar surface area (TPSA) is 130 Å². The summed E-state index contributed by atoms with van der Waals surface area (Å²) in [7, 11) is -8.48. The molecule has 1 aliphatic rings. The molecule has 9 nitrogen and oxygen atoms in total. The maximum Gasteiger partial charge on any atom is 0.312 e. The number of sulfonamides is 2. The van der Waals surface area contributed by atoms with Gasteiger partial charge in [-0.3, -0.25) is 0 Å². The molecular weight excluding hydrogens is 308 g/mol. The van der Waals surface area contributed by atoms with Gasteiger partial charge in [0.25, 0.3) is 16.4 Å². The lowest BCUT2D eigenvalue weighted by molar-refractivity contribution is 0.242. The van der Waals surface area contributed by atoms with Crippen molar-refractivity contribution in [3.63, 3.8) is 0 Å². The van der Waals surface area contributed by atoms with Crippen LogP contribution in [0.2, 0.25) is 0 Å². The molecule has 0 bridgehead atoms. The Labute approximate surface area is 115 Å². The Morgan fingerprint density at radius 3 is 2.40 bits per heavy atom. The molecule has 1 aromatic rings. The van der Waals surface area contributed by atoms with E-state index in [1.54, 1.807) is 0 Å². The fraction of sp³-hybridized carbons (Fsp3) is 0.111. The van der Waals surface area contributed by atoms with Crippen LogP contribution in [-0.4, -0.2) is 45.7 Å². The third kappa shape index (κ3) is 2.56. The van der Waals surface area contributed by atoms with Crippen LogP contribution < -0.4 is 9.88 Å². The normalized spacial score (nSPS) is 15.6. The Bertz CT molecular complexity index is 769. The minimum atomic E-state index is -4.33. The molecule has 0 amide bonds. The van der Waals surface area contributed by atoms with E-state index >= 15 is 0 Å². The molecule has 0 atom stereocenters. The Morgan fingerprint density at radius 2 is 1.85 bits per heavy atom. The van der Waals surface area contributed by atoms with Gasteiger partial charge in [0.05, 0.1) is 0 Å². The molecule has 1 aliphatic heterocycles. The fourth-order valence-electron chi connectivity index (χ4n) is 1.50. The SMILES string of the molecule is O=S(=O)(NO)c1ccccc1S(=O)(=O)N1C=[N+]C=NC1. The summed E-state index contributed by atoms with van der Waals surface area (Å²) in [6.07, 6.45) is 2.21. The summed E-state index contributed by atoms with van der Waals surface area (Å²) in [5.41, 5.74) is 0. The molecule has 1 aromatic carbocycles. The van der Waals surface area contributed by atoms with Gasteiger partial charge in [-0.15, -0.1) is 9.30 Å². The number of nitrogens with zero attached hydrogens (tertiary/aromatic N) is 3. The molecule has 0 aromatic heterocycles. The van der Waals surface area contributed by atoms with Crippen LogP contribution in [0, 0.1) is 0 Å². The van der Waals surface area contributed by atoms with E-state index in [0.717, 1.165) is 27.7 Å². The molecule has 0 saturated heterocycles. The van der Waals surface area contributed by atoms with Gasteiger partial charge in [0.2, 0.25) is 13.0 Å². The molecular formula is C9H10N4O5S2+. The zero-order valence-electron chi connectivity index (χ0n) is 9.91. The molecule has 0 aliphatic carbocycles. The second-order valence-electron chi connectivity index (χ2n) is 3.64. The summed E-state index contributed by atoms with van der Waals surface area (Å²) < 4.78 is 48.8. The highest BCUT2D eigenvalue weighted by Crippen LogP contribution is 2.23. The fourth-order valence-corrected chi connectivity index (χ4v) is 4.06. The summed E-state index contributed by atoms with van der Waals surface area (Å²) in [6, 6.07) is 4.89. The first-order chi connectivity index (χ1) is 9.39. The van der Waals surface area contributed by atoms with Crippen molar-refractivity contribution in [2.45, 2.75) is 9.79 Å². The van der Waals surface area contributed by atoms with Crippen LogP contribution >= 0.6 is 0 Å². The standard InChI is InChI=1S/C9H10N4O5S2/c14-12-19(15,16)8-3-1-2-4-9(8)20(17,18)13-6-10-5-11-7-13/h1-6,12,14H,7H2/q+1. The van der Waals surface area contributed by atoms with Crippen LogP contribution in [0.3, 0.4) is 0 Å². The first-order valence-corrected chi connectivity index (χ1v) is 8.10. The first-order valence-electron chi connectivity index (χ1n) is 5.18. The maximum absolute atomic E-state index is 12.4. The van der Waals surface area contributed by atoms with Crippen molar-refractivity contribution in [1.82, 2.24) is 14.2 Å². The van der Waals surface area contributed by atoms with Gasteiger partial charge in [-0.05, 0) is 12.1 Å². The Morgan fingerprint density at radius 1 is 1.20 bits per heavy atom. The average Bonchev–Trinajstić information content (AvgIpc) is 2.48. The minimum absolute atomic E-state index is 0.202. The molecule has 107 valence electrons. The first kappa shape index (κ1) is 14.6. The van der Waals surface area contributed by atoms with E-state index < -0.39 is 29.8 Å². The molecule has 1 heterocycles. The Kier molecular flexibility index (Phi) is 3.85. The third-order valence-electron chi connectivity index (χ3n) is 2.41. The highest BCUT2D eigenvalue weighted by Gasteiger charge is 2.34. The molecule has 2 rings (SSSR count). The van der Waals surface area contributed by atoms with E-state index in [0.29, 0.717) is 0 Å². The summed E-state index contributed by atoms with van der Waals surface area (Å²) >= 11 is 0. The minimum Gasteiger partial charge on any atom is -0.302 e. The van der Waals surface area contributed by atoms with Gasteiger partial charge < -0.3 is 5.21 Å². The van der Waals surface area contributed by atoms with E-state index in [1.807, 2.05) is 0 Å². The van der Waals surface area contributed by atoms with E-state index in [4.69, 9.17) is 5.21 Å². The number of nitrogens with one attached hydrogen (secondary N) is 1. The molecule has 1 radical (unpaired) electrons. The largest absolute Gasteiger partial charge is 0.312 e. The van der Waals surface area contributed by atoms with Gasteiger partial charge in [0.15, 0.2) is 0 Å². The second-order valence-corrected chi connectivity index (χ2v) is 7.13. The average molecular weight is 318 g/mol. The van der Waals surface area contributed by atoms with Crippen LogP contribution in [0.4, 0.5) is 0 Å². The lowest BCUT2D eigenvalue weighted by Gasteiger charge is -2.14. The van der Waals surface area contributed by atoms with Crippen LogP contribution in [-0.2, 0) is 20.0 Å². The van der Waals surface area contributed by atoms with Crippen molar-refractivity contribution in [3.05, 3.63) is 24.3 Å². The molecule has 0 spiro atoms. The summed E-state index contributed by atoms with van der Waals surface area (Å²) in [4.78, 5) is 7.30. The molecule has 11 heteroatoms. The number of benzene rings is 1. The van der Waals surface area contributed by atoms with E-state index in [1.165, 1.54) is 18.5 Å². The number of rotatable bonds is 4. The van der Waals surface area contributed by atoms with Gasteiger partial charge in [0, 0.05) is 0 Å². The number of aliphatic imine (C=N–C) groups is 2. The summed E-state index contributed by atoms with van der Waals surface area (Å²) in [5, 5.41) is 8.65. The zero-order chi connectivity index (χ0) is 14.8. The molecule has 20 heavy (non-hydrogen) atoms. The quantitative estimate of drug-likeness (QED) is 0.667. The monoisotopic (exact) mass is 318 g/mol. The summed E-state index contributed by atoms with van der Waals surface area (Å²) in [6.45, 7) is -0.202. The number of hydrogen-bond donors (Lipinski definition) is 2. The molecule has 0 unspecified atom stereocenters. The van der Waals surface area contributed by atoms with Crippen LogP contribution in [0.25, 0.3) is 0 Å². The summed E-state index contributed by atoms with van der Waals surface area (Å²) in [5.74, 6) is 0. The lowest BCUT2D eigenvalue weighted by atomic mass is 10.4. The van der Waals surface area contributed by atoms with Gasteiger partial charge in [-0.2, -0.15) is 8.42 Å². The second kappa shape index (κ2) is 5.28. The van der Waals surface area contributed by atoms with Crippen molar-refractivity contribution in [2.24, 2.45) is 4.99 Å². The van der Waals surface area contributed by atoms with E-state index in [9.17, 15) is 16.8 Å². The van der Waals surface area contributed by atoms with Crippen molar-refractivity contribution >= 4 is 32.7 Å². The maximum atomic E-state index is 12.4. The van der Waals surface area contributed by atoms with E-state index in [2.05, 4.69) is 9.98 Å². The van der Waals surface area contributed by atoms with Crippen molar-refractivity contribution < 1.29 is 22.0 Å². The number of hydrogen-bond acceptors (Lipinski definition) is 7. The molecule has 0 fully saturated rings. The predicted octanol–water partition coefficient (Wildman–Crippen LogP) is -1.29. The smallest absolute Gasteiger partial charge is 0.302 e. The van der Waals surface area contributed by atoms with Crippen molar-refractivity contribution in [2.75, 3.05) is 6.67 Å². The van der Waals surface area contributed by atoms with Crippen LogP contribution in [0.1, 0.15) is 0 Å². The lowest BCUT2D eigenvalue weighted by Crippen LogP contribution is -2.35. The van der Waals surface area contributed by atoms with Crippen molar-refractivity contribution in [3.8, 4) is 0 Å². The van der Waals surface area contributed by atoms with Crippen LogP contribution in [0.5, 0.6) is 0 Å². The van der Waals surface area contributed by atoms with E-state index in [-0.39, 0.29) is 6.67 Å². The van der Waals surface area contributed by atoms with Gasteiger partial charge in [-0.1, -0.05) is 22.0 Å². The third-order valence-corrected chi connectivity index (χ3v) is 5.45. The van der Waals surface area contributed by atoms with Gasteiger partial charge >= 0.3 is 10.0 Å². The highest BCUT2D eigenvalue weighted by molar-refractivity contribution is 7.92. The predicted molar refractivity (Wildman–Crippen MR) is 69.1 cm³/mol. The van der Waals surface area contributed by atoms with Gasteiger partial charge in [-0.25, -0.2) is 8.42 Å². The highest BCUT2D eigenvalue weighted by atomic mass is 32.2. The van der Waals surface area contributed by atoms with Crippen LogP contribution in [0.15, 0.2) is 39.0 Å².